The Morgan fingerprint density at radius 2 is 1.73 bits per heavy atom. The predicted molar refractivity (Wildman–Crippen MR) is 103 cm³/mol. The lowest BCUT2D eigenvalue weighted by Crippen LogP contribution is -2.09. The number of rotatable bonds is 7. The van der Waals surface area contributed by atoms with Crippen molar-refractivity contribution in [3.05, 3.63) is 77.3 Å². The standard InChI is InChI=1S/C21H17ClO4/c22-18-7-9-20(17(13-18)6-10-21(23)24)26-12-11-25-19-8-5-15-3-1-2-4-16(15)14-19/h1-10,13-14H,11-12H2,(H,23,24). The van der Waals surface area contributed by atoms with E-state index in [-0.39, 0.29) is 0 Å². The Bertz CT molecular complexity index is 950. The Morgan fingerprint density at radius 3 is 2.54 bits per heavy atom. The molecule has 3 rings (SSSR count). The van der Waals surface area contributed by atoms with E-state index in [4.69, 9.17) is 26.2 Å². The van der Waals surface area contributed by atoms with Gasteiger partial charge in [0, 0.05) is 16.7 Å². The van der Waals surface area contributed by atoms with Gasteiger partial charge in [-0.15, -0.1) is 0 Å². The topological polar surface area (TPSA) is 55.8 Å². The molecule has 0 aliphatic carbocycles. The minimum atomic E-state index is -1.03. The fourth-order valence-corrected chi connectivity index (χ4v) is 2.69. The molecule has 0 radical (unpaired) electrons. The molecule has 0 saturated carbocycles. The number of hydrogen-bond donors (Lipinski definition) is 1. The summed E-state index contributed by atoms with van der Waals surface area (Å²) in [5.74, 6) is 0.291. The summed E-state index contributed by atoms with van der Waals surface area (Å²) in [5.41, 5.74) is 0.602. The summed E-state index contributed by atoms with van der Waals surface area (Å²) in [5, 5.41) is 11.6. The third-order valence-corrected chi connectivity index (χ3v) is 3.94. The van der Waals surface area contributed by atoms with Gasteiger partial charge in [-0.05, 0) is 47.2 Å². The van der Waals surface area contributed by atoms with E-state index in [1.165, 1.54) is 6.08 Å². The average Bonchev–Trinajstić information content (AvgIpc) is 2.64. The van der Waals surface area contributed by atoms with Crippen LogP contribution in [0.15, 0.2) is 66.7 Å². The first-order valence-electron chi connectivity index (χ1n) is 8.07. The highest BCUT2D eigenvalue weighted by Crippen LogP contribution is 2.24. The van der Waals surface area contributed by atoms with E-state index in [0.717, 1.165) is 22.6 Å². The van der Waals surface area contributed by atoms with E-state index in [0.29, 0.717) is 29.5 Å². The maximum atomic E-state index is 10.7. The van der Waals surface area contributed by atoms with Crippen LogP contribution in [0, 0.1) is 0 Å². The van der Waals surface area contributed by atoms with Crippen LogP contribution in [0.2, 0.25) is 5.02 Å². The van der Waals surface area contributed by atoms with Crippen LogP contribution in [0.25, 0.3) is 16.8 Å². The molecule has 0 aliphatic rings. The Morgan fingerprint density at radius 1 is 0.962 bits per heavy atom. The Labute approximate surface area is 156 Å². The molecule has 5 heteroatoms. The highest BCUT2D eigenvalue weighted by Gasteiger charge is 2.04. The highest BCUT2D eigenvalue weighted by molar-refractivity contribution is 6.30. The van der Waals surface area contributed by atoms with Crippen molar-refractivity contribution in [2.75, 3.05) is 13.2 Å². The number of benzene rings is 3. The van der Waals surface area contributed by atoms with E-state index in [1.54, 1.807) is 18.2 Å². The molecule has 0 aliphatic heterocycles. The number of hydrogen-bond acceptors (Lipinski definition) is 3. The number of halogens is 1. The Balaban J connectivity index is 1.60. The summed E-state index contributed by atoms with van der Waals surface area (Å²) in [7, 11) is 0. The first-order valence-corrected chi connectivity index (χ1v) is 8.44. The van der Waals surface area contributed by atoms with Crippen LogP contribution in [-0.2, 0) is 4.79 Å². The van der Waals surface area contributed by atoms with E-state index in [2.05, 4.69) is 6.07 Å². The van der Waals surface area contributed by atoms with Crippen molar-refractivity contribution in [1.82, 2.24) is 0 Å². The molecule has 3 aromatic carbocycles. The van der Waals surface area contributed by atoms with Crippen molar-refractivity contribution in [1.29, 1.82) is 0 Å². The number of aliphatic carboxylic acids is 1. The summed E-state index contributed by atoms with van der Waals surface area (Å²) in [4.78, 5) is 10.7. The first kappa shape index (κ1) is 17.8. The van der Waals surface area contributed by atoms with Gasteiger partial charge in [0.1, 0.15) is 24.7 Å². The number of carboxylic acid groups (broad SMARTS) is 1. The number of ether oxygens (including phenoxy) is 2. The molecule has 0 aromatic heterocycles. The van der Waals surface area contributed by atoms with Crippen LogP contribution in [0.1, 0.15) is 5.56 Å². The molecule has 0 fully saturated rings. The van der Waals surface area contributed by atoms with Crippen molar-refractivity contribution in [2.24, 2.45) is 0 Å². The zero-order chi connectivity index (χ0) is 18.4. The largest absolute Gasteiger partial charge is 0.490 e. The minimum absolute atomic E-state index is 0.322. The van der Waals surface area contributed by atoms with Gasteiger partial charge in [-0.3, -0.25) is 0 Å². The van der Waals surface area contributed by atoms with Crippen LogP contribution < -0.4 is 9.47 Å². The second-order valence-electron chi connectivity index (χ2n) is 5.56. The summed E-state index contributed by atoms with van der Waals surface area (Å²) in [6.07, 6.45) is 2.50. The van der Waals surface area contributed by atoms with E-state index in [1.807, 2.05) is 36.4 Å². The Kier molecular flexibility index (Phi) is 5.77. The third kappa shape index (κ3) is 4.77. The Hall–Kier alpha value is -2.98. The second kappa shape index (κ2) is 8.41. The van der Waals surface area contributed by atoms with Gasteiger partial charge in [0.2, 0.25) is 0 Å². The molecule has 0 heterocycles. The lowest BCUT2D eigenvalue weighted by molar-refractivity contribution is -0.131. The maximum absolute atomic E-state index is 10.7. The molecule has 0 unspecified atom stereocenters. The monoisotopic (exact) mass is 368 g/mol. The van der Waals surface area contributed by atoms with Gasteiger partial charge < -0.3 is 14.6 Å². The molecule has 0 saturated heterocycles. The van der Waals surface area contributed by atoms with E-state index >= 15 is 0 Å². The van der Waals surface area contributed by atoms with Crippen molar-refractivity contribution in [2.45, 2.75) is 0 Å². The van der Waals surface area contributed by atoms with Crippen LogP contribution in [0.5, 0.6) is 11.5 Å². The third-order valence-electron chi connectivity index (χ3n) is 3.71. The molecule has 0 atom stereocenters. The molecular formula is C21H17ClO4. The molecule has 132 valence electrons. The SMILES string of the molecule is O=C(O)C=Cc1cc(Cl)ccc1OCCOc1ccc2ccccc2c1. The number of fused-ring (bicyclic) bond motifs is 1. The minimum Gasteiger partial charge on any atom is -0.490 e. The molecule has 0 amide bonds. The molecule has 0 spiro atoms. The van der Waals surface area contributed by atoms with E-state index in [9.17, 15) is 4.79 Å². The summed E-state index contributed by atoms with van der Waals surface area (Å²) >= 11 is 5.96. The summed E-state index contributed by atoms with van der Waals surface area (Å²) in [6.45, 7) is 0.686. The zero-order valence-electron chi connectivity index (χ0n) is 13.9. The highest BCUT2D eigenvalue weighted by atomic mass is 35.5. The van der Waals surface area contributed by atoms with Crippen molar-refractivity contribution in [3.8, 4) is 11.5 Å². The number of carbonyl (C=O) groups is 1. The van der Waals surface area contributed by atoms with Crippen molar-refractivity contribution >= 4 is 34.4 Å². The average molecular weight is 369 g/mol. The van der Waals surface area contributed by atoms with Crippen molar-refractivity contribution < 1.29 is 19.4 Å². The van der Waals surface area contributed by atoms with Gasteiger partial charge in [0.15, 0.2) is 0 Å². The fraction of sp³-hybridized carbons (Fsp3) is 0.0952. The number of carboxylic acids is 1. The quantitative estimate of drug-likeness (QED) is 0.468. The van der Waals surface area contributed by atoms with Gasteiger partial charge in [-0.1, -0.05) is 41.9 Å². The second-order valence-corrected chi connectivity index (χ2v) is 6.00. The van der Waals surface area contributed by atoms with Crippen LogP contribution in [-0.4, -0.2) is 24.3 Å². The smallest absolute Gasteiger partial charge is 0.328 e. The van der Waals surface area contributed by atoms with Gasteiger partial charge in [0.05, 0.1) is 0 Å². The van der Waals surface area contributed by atoms with Crippen LogP contribution in [0.4, 0.5) is 0 Å². The molecular weight excluding hydrogens is 352 g/mol. The van der Waals surface area contributed by atoms with Gasteiger partial charge in [0.25, 0.3) is 0 Å². The molecule has 3 aromatic rings. The lowest BCUT2D eigenvalue weighted by atomic mass is 10.1. The zero-order valence-corrected chi connectivity index (χ0v) is 14.6. The molecule has 26 heavy (non-hydrogen) atoms. The van der Waals surface area contributed by atoms with Crippen LogP contribution >= 0.6 is 11.6 Å². The normalized spacial score (nSPS) is 11.0. The fourth-order valence-electron chi connectivity index (χ4n) is 2.51. The summed E-state index contributed by atoms with van der Waals surface area (Å²) < 4.78 is 11.4. The molecule has 4 nitrogen and oxygen atoms in total. The van der Waals surface area contributed by atoms with Crippen molar-refractivity contribution in [3.63, 3.8) is 0 Å². The first-order chi connectivity index (χ1) is 12.6. The van der Waals surface area contributed by atoms with E-state index < -0.39 is 5.97 Å². The lowest BCUT2D eigenvalue weighted by Gasteiger charge is -2.11. The van der Waals surface area contributed by atoms with Gasteiger partial charge in [-0.25, -0.2) is 4.79 Å². The maximum Gasteiger partial charge on any atom is 0.328 e. The van der Waals surface area contributed by atoms with Gasteiger partial charge in [-0.2, -0.15) is 0 Å². The van der Waals surface area contributed by atoms with Gasteiger partial charge >= 0.3 is 5.97 Å². The predicted octanol–water partition coefficient (Wildman–Crippen LogP) is 5.05. The molecule has 1 N–H and O–H groups in total. The summed E-state index contributed by atoms with van der Waals surface area (Å²) in [6, 6.07) is 19.0. The molecule has 0 bridgehead atoms. The van der Waals surface area contributed by atoms with Crippen LogP contribution in [0.3, 0.4) is 0 Å².